The van der Waals surface area contributed by atoms with E-state index >= 15 is 0 Å². The first kappa shape index (κ1) is 23.0. The summed E-state index contributed by atoms with van der Waals surface area (Å²) >= 11 is 0. The standard InChI is InChI=1S/C20H21O10P/c1-10-17(18(24)12-5-13(8-22)15(9-23)16(6-12)28-2)14-4-3-11(7-21)19(20(14)29-10)30-31(25,26)27/h3-6,21-23H,7-9H2,1-2H3,(H2,25,26,27). The molecule has 0 radical (unpaired) electrons. The van der Waals surface area contributed by atoms with Gasteiger partial charge in [-0.25, -0.2) is 4.57 Å². The number of ketones is 1. The van der Waals surface area contributed by atoms with Crippen molar-refractivity contribution in [1.82, 2.24) is 0 Å². The number of hydrogen-bond donors (Lipinski definition) is 5. The first-order chi connectivity index (χ1) is 14.6. The Balaban J connectivity index is 2.22. The normalized spacial score (nSPS) is 11.7. The number of methoxy groups -OCH3 is 1. The topological polar surface area (TPSA) is 167 Å². The summed E-state index contributed by atoms with van der Waals surface area (Å²) in [7, 11) is -3.61. The number of aryl methyl sites for hydroxylation is 1. The van der Waals surface area contributed by atoms with Gasteiger partial charge in [-0.05, 0) is 30.7 Å². The van der Waals surface area contributed by atoms with Crippen molar-refractivity contribution in [1.29, 1.82) is 0 Å². The van der Waals surface area contributed by atoms with Crippen LogP contribution in [-0.4, -0.2) is 38.0 Å². The number of carbonyl (C=O) groups excluding carboxylic acids is 1. The molecule has 1 aromatic heterocycles. The third-order valence-electron chi connectivity index (χ3n) is 4.79. The van der Waals surface area contributed by atoms with Gasteiger partial charge in [-0.15, -0.1) is 0 Å². The fraction of sp³-hybridized carbons (Fsp3) is 0.250. The molecule has 0 bridgehead atoms. The van der Waals surface area contributed by atoms with Gasteiger partial charge in [0.15, 0.2) is 17.1 Å². The van der Waals surface area contributed by atoms with Crippen molar-refractivity contribution in [2.45, 2.75) is 26.7 Å². The molecule has 166 valence electrons. The number of benzene rings is 2. The van der Waals surface area contributed by atoms with Crippen LogP contribution in [0.4, 0.5) is 0 Å². The lowest BCUT2D eigenvalue weighted by Gasteiger charge is -2.13. The molecule has 1 heterocycles. The maximum absolute atomic E-state index is 13.3. The predicted octanol–water partition coefficient (Wildman–Crippen LogP) is 1.93. The smallest absolute Gasteiger partial charge is 0.496 e. The predicted molar refractivity (Wildman–Crippen MR) is 108 cm³/mol. The van der Waals surface area contributed by atoms with Gasteiger partial charge >= 0.3 is 7.82 Å². The van der Waals surface area contributed by atoms with E-state index in [9.17, 15) is 34.5 Å². The van der Waals surface area contributed by atoms with E-state index in [4.69, 9.17) is 13.7 Å². The summed E-state index contributed by atoms with van der Waals surface area (Å²) in [5, 5.41) is 28.9. The molecule has 0 saturated carbocycles. The Kier molecular flexibility index (Phi) is 6.51. The van der Waals surface area contributed by atoms with E-state index in [0.717, 1.165) is 0 Å². The summed E-state index contributed by atoms with van der Waals surface area (Å²) in [5.74, 6) is -0.496. The quantitative estimate of drug-likeness (QED) is 0.252. The van der Waals surface area contributed by atoms with Crippen LogP contribution in [0.2, 0.25) is 0 Å². The average Bonchev–Trinajstić information content (AvgIpc) is 3.07. The highest BCUT2D eigenvalue weighted by Gasteiger charge is 2.28. The van der Waals surface area contributed by atoms with Gasteiger partial charge in [-0.3, -0.25) is 14.6 Å². The van der Waals surface area contributed by atoms with Crippen molar-refractivity contribution in [3.63, 3.8) is 0 Å². The molecular formula is C20H21O10P. The zero-order chi connectivity index (χ0) is 22.9. The van der Waals surface area contributed by atoms with Crippen LogP contribution in [0, 0.1) is 6.92 Å². The Hall–Kier alpha value is -2.72. The largest absolute Gasteiger partial charge is 0.524 e. The molecule has 0 aliphatic heterocycles. The van der Waals surface area contributed by atoms with Crippen molar-refractivity contribution in [3.8, 4) is 11.5 Å². The number of aliphatic hydroxyl groups excluding tert-OH is 3. The molecule has 11 heteroatoms. The monoisotopic (exact) mass is 452 g/mol. The molecule has 0 amide bonds. The molecule has 0 atom stereocenters. The lowest BCUT2D eigenvalue weighted by molar-refractivity contribution is 0.103. The summed E-state index contributed by atoms with van der Waals surface area (Å²) in [5.41, 5.74) is 0.881. The van der Waals surface area contributed by atoms with Crippen molar-refractivity contribution >= 4 is 24.6 Å². The summed E-state index contributed by atoms with van der Waals surface area (Å²) < 4.78 is 26.9. The Morgan fingerprint density at radius 1 is 1.06 bits per heavy atom. The van der Waals surface area contributed by atoms with E-state index < -0.39 is 33.4 Å². The molecule has 3 aromatic rings. The Labute approximate surface area is 176 Å². The summed E-state index contributed by atoms with van der Waals surface area (Å²) in [6.07, 6.45) is 0. The first-order valence-corrected chi connectivity index (χ1v) is 10.5. The Morgan fingerprint density at radius 2 is 1.74 bits per heavy atom. The summed E-state index contributed by atoms with van der Waals surface area (Å²) in [6, 6.07) is 5.68. The second-order valence-electron chi connectivity index (χ2n) is 6.67. The molecule has 0 unspecified atom stereocenters. The number of fused-ring (bicyclic) bond motifs is 1. The van der Waals surface area contributed by atoms with Crippen molar-refractivity contribution in [3.05, 3.63) is 57.8 Å². The zero-order valence-electron chi connectivity index (χ0n) is 16.7. The lowest BCUT2D eigenvalue weighted by atomic mass is 9.95. The first-order valence-electron chi connectivity index (χ1n) is 9.02. The number of phosphoric acid groups is 1. The maximum Gasteiger partial charge on any atom is 0.524 e. The second kappa shape index (κ2) is 8.80. The van der Waals surface area contributed by atoms with Gasteiger partial charge in [-0.2, -0.15) is 0 Å². The van der Waals surface area contributed by atoms with Crippen molar-refractivity contribution < 1.29 is 48.1 Å². The number of ether oxygens (including phenoxy) is 1. The summed E-state index contributed by atoms with van der Waals surface area (Å²) in [4.78, 5) is 31.8. The fourth-order valence-corrected chi connectivity index (χ4v) is 3.84. The number of rotatable bonds is 8. The fourth-order valence-electron chi connectivity index (χ4n) is 3.40. The molecule has 0 aliphatic rings. The van der Waals surface area contributed by atoms with E-state index in [-0.39, 0.29) is 44.9 Å². The van der Waals surface area contributed by atoms with Crippen molar-refractivity contribution in [2.75, 3.05) is 7.11 Å². The number of furan rings is 1. The van der Waals surface area contributed by atoms with Crippen LogP contribution in [0.3, 0.4) is 0 Å². The third-order valence-corrected chi connectivity index (χ3v) is 5.21. The van der Waals surface area contributed by atoms with Gasteiger partial charge in [0.05, 0.1) is 32.5 Å². The number of carbonyl (C=O) groups is 1. The molecular weight excluding hydrogens is 431 g/mol. The van der Waals surface area contributed by atoms with Crippen LogP contribution < -0.4 is 9.26 Å². The maximum atomic E-state index is 13.3. The molecule has 0 spiro atoms. The molecule has 0 aliphatic carbocycles. The zero-order valence-corrected chi connectivity index (χ0v) is 17.5. The van der Waals surface area contributed by atoms with Gasteiger partial charge in [0.25, 0.3) is 0 Å². The highest BCUT2D eigenvalue weighted by atomic mass is 31.2. The minimum atomic E-state index is -4.97. The van der Waals surface area contributed by atoms with Gasteiger partial charge < -0.3 is 29.0 Å². The van der Waals surface area contributed by atoms with E-state index in [1.165, 1.54) is 38.3 Å². The molecule has 2 aromatic carbocycles. The molecule has 3 rings (SSSR count). The van der Waals surface area contributed by atoms with Gasteiger partial charge in [0, 0.05) is 22.1 Å². The van der Waals surface area contributed by atoms with E-state index in [2.05, 4.69) is 0 Å². The highest BCUT2D eigenvalue weighted by Crippen LogP contribution is 2.45. The molecule has 10 nitrogen and oxygen atoms in total. The van der Waals surface area contributed by atoms with E-state index in [0.29, 0.717) is 11.1 Å². The SMILES string of the molecule is COc1cc(C(=O)c2c(C)oc3c(OP(=O)(O)O)c(CO)ccc23)cc(CO)c1CO. The second-order valence-corrected chi connectivity index (χ2v) is 7.83. The van der Waals surface area contributed by atoms with Crippen LogP contribution in [0.15, 0.2) is 28.7 Å². The highest BCUT2D eigenvalue weighted by molar-refractivity contribution is 7.46. The van der Waals surface area contributed by atoms with E-state index in [1.807, 2.05) is 0 Å². The number of aliphatic hydroxyl groups is 3. The van der Waals surface area contributed by atoms with Crippen LogP contribution in [0.5, 0.6) is 11.5 Å². The van der Waals surface area contributed by atoms with Crippen LogP contribution >= 0.6 is 7.82 Å². The average molecular weight is 452 g/mol. The summed E-state index contributed by atoms with van der Waals surface area (Å²) in [6.45, 7) is 0.0974. The van der Waals surface area contributed by atoms with Crippen molar-refractivity contribution in [2.24, 2.45) is 0 Å². The van der Waals surface area contributed by atoms with Gasteiger partial charge in [0.1, 0.15) is 11.5 Å². The van der Waals surface area contributed by atoms with Crippen LogP contribution in [-0.2, 0) is 24.4 Å². The lowest BCUT2D eigenvalue weighted by Crippen LogP contribution is -2.07. The molecule has 31 heavy (non-hydrogen) atoms. The van der Waals surface area contributed by atoms with Crippen LogP contribution in [0.1, 0.15) is 38.4 Å². The number of phosphoric ester groups is 1. The molecule has 0 saturated heterocycles. The Morgan fingerprint density at radius 3 is 2.29 bits per heavy atom. The van der Waals surface area contributed by atoms with E-state index in [1.54, 1.807) is 0 Å². The molecule has 0 fully saturated rings. The van der Waals surface area contributed by atoms with Gasteiger partial charge in [-0.1, -0.05) is 6.07 Å². The minimum absolute atomic E-state index is 0.0695. The third kappa shape index (κ3) is 4.35. The number of hydrogen-bond acceptors (Lipinski definition) is 8. The van der Waals surface area contributed by atoms with Gasteiger partial charge in [0.2, 0.25) is 0 Å². The van der Waals surface area contributed by atoms with Crippen LogP contribution in [0.25, 0.3) is 11.0 Å². The molecule has 5 N–H and O–H groups in total. The Bertz CT molecular complexity index is 1170. The minimum Gasteiger partial charge on any atom is -0.496 e.